The number of methoxy groups -OCH3 is 1. The summed E-state index contributed by atoms with van der Waals surface area (Å²) in [5, 5.41) is 7.04. The number of aromatic amines is 1. The van der Waals surface area contributed by atoms with Crippen LogP contribution in [0.4, 0.5) is 4.39 Å². The summed E-state index contributed by atoms with van der Waals surface area (Å²) in [6, 6.07) is 5.82. The van der Waals surface area contributed by atoms with Crippen LogP contribution in [0.25, 0.3) is 11.3 Å². The molecule has 0 aliphatic carbocycles. The van der Waals surface area contributed by atoms with Crippen molar-refractivity contribution < 1.29 is 18.7 Å². The SMILES string of the molecule is COC(=O)CN1CCN(Cc2cn[nH]c2-c2ccc(F)cc2)C(C)C1=O. The molecule has 1 atom stereocenters. The van der Waals surface area contributed by atoms with Gasteiger partial charge in [-0.05, 0) is 31.2 Å². The summed E-state index contributed by atoms with van der Waals surface area (Å²) in [6.07, 6.45) is 1.72. The number of amides is 1. The Kier molecular flexibility index (Phi) is 5.32. The molecule has 1 unspecified atom stereocenters. The van der Waals surface area contributed by atoms with Gasteiger partial charge < -0.3 is 9.64 Å². The maximum absolute atomic E-state index is 13.1. The third-order valence-corrected chi connectivity index (χ3v) is 4.65. The number of carbonyl (C=O) groups is 2. The average molecular weight is 360 g/mol. The van der Waals surface area contributed by atoms with Crippen LogP contribution >= 0.6 is 0 Å². The molecule has 8 heteroatoms. The fourth-order valence-electron chi connectivity index (χ4n) is 3.08. The third kappa shape index (κ3) is 3.75. The molecule has 0 radical (unpaired) electrons. The van der Waals surface area contributed by atoms with Gasteiger partial charge in [-0.25, -0.2) is 4.39 Å². The highest BCUT2D eigenvalue weighted by atomic mass is 19.1. The van der Waals surface area contributed by atoms with Crippen LogP contribution in [-0.4, -0.2) is 64.7 Å². The average Bonchev–Trinajstić information content (AvgIpc) is 3.10. The van der Waals surface area contributed by atoms with Crippen LogP contribution in [0.3, 0.4) is 0 Å². The van der Waals surface area contributed by atoms with Crippen molar-refractivity contribution in [2.45, 2.75) is 19.5 Å². The largest absolute Gasteiger partial charge is 0.468 e. The third-order valence-electron chi connectivity index (χ3n) is 4.65. The van der Waals surface area contributed by atoms with Gasteiger partial charge in [0.25, 0.3) is 0 Å². The lowest BCUT2D eigenvalue weighted by Gasteiger charge is -2.38. The lowest BCUT2D eigenvalue weighted by Crippen LogP contribution is -2.56. The minimum absolute atomic E-state index is 0.0277. The van der Waals surface area contributed by atoms with Crippen LogP contribution in [0, 0.1) is 5.82 Å². The number of H-pyrrole nitrogens is 1. The molecule has 2 heterocycles. The molecule has 1 amide bonds. The molecule has 1 saturated heterocycles. The van der Waals surface area contributed by atoms with Crippen molar-refractivity contribution in [1.29, 1.82) is 0 Å². The lowest BCUT2D eigenvalue weighted by molar-refractivity contribution is -0.151. The van der Waals surface area contributed by atoms with Crippen molar-refractivity contribution in [1.82, 2.24) is 20.0 Å². The van der Waals surface area contributed by atoms with E-state index in [0.717, 1.165) is 16.8 Å². The van der Waals surface area contributed by atoms with Gasteiger partial charge in [0, 0.05) is 30.8 Å². The first-order valence-electron chi connectivity index (χ1n) is 8.37. The highest BCUT2D eigenvalue weighted by Gasteiger charge is 2.33. The van der Waals surface area contributed by atoms with Gasteiger partial charge in [0.05, 0.1) is 25.0 Å². The van der Waals surface area contributed by atoms with Gasteiger partial charge in [-0.3, -0.25) is 19.6 Å². The van der Waals surface area contributed by atoms with Crippen LogP contribution in [0.15, 0.2) is 30.5 Å². The molecule has 7 nitrogen and oxygen atoms in total. The fraction of sp³-hybridized carbons (Fsp3) is 0.389. The zero-order valence-electron chi connectivity index (χ0n) is 14.7. The number of carbonyl (C=O) groups excluding carboxylic acids is 2. The molecule has 0 saturated carbocycles. The summed E-state index contributed by atoms with van der Waals surface area (Å²) in [7, 11) is 1.31. The van der Waals surface area contributed by atoms with E-state index >= 15 is 0 Å². The zero-order valence-corrected chi connectivity index (χ0v) is 14.7. The molecule has 1 N–H and O–H groups in total. The summed E-state index contributed by atoms with van der Waals surface area (Å²) in [4.78, 5) is 27.5. The number of esters is 1. The molecule has 0 bridgehead atoms. The number of halogens is 1. The van der Waals surface area contributed by atoms with Crippen LogP contribution in [0.1, 0.15) is 12.5 Å². The number of nitrogens with one attached hydrogen (secondary N) is 1. The van der Waals surface area contributed by atoms with Crippen LogP contribution < -0.4 is 0 Å². The molecule has 2 aromatic rings. The van der Waals surface area contributed by atoms with E-state index in [0.29, 0.717) is 19.6 Å². The second-order valence-corrected chi connectivity index (χ2v) is 6.26. The maximum Gasteiger partial charge on any atom is 0.325 e. The molecular formula is C18H21FN4O3. The number of hydrogen-bond acceptors (Lipinski definition) is 5. The van der Waals surface area contributed by atoms with E-state index in [1.165, 1.54) is 24.1 Å². The van der Waals surface area contributed by atoms with Crippen molar-refractivity contribution in [3.63, 3.8) is 0 Å². The Balaban J connectivity index is 1.71. The van der Waals surface area contributed by atoms with E-state index in [4.69, 9.17) is 0 Å². The van der Waals surface area contributed by atoms with E-state index in [2.05, 4.69) is 14.9 Å². The van der Waals surface area contributed by atoms with Gasteiger partial charge in [-0.2, -0.15) is 5.10 Å². The van der Waals surface area contributed by atoms with Crippen LogP contribution in [0.2, 0.25) is 0 Å². The molecule has 1 aromatic heterocycles. The van der Waals surface area contributed by atoms with E-state index in [-0.39, 0.29) is 24.3 Å². The van der Waals surface area contributed by atoms with Crippen molar-refractivity contribution in [2.24, 2.45) is 0 Å². The Hall–Kier alpha value is -2.74. The van der Waals surface area contributed by atoms with Gasteiger partial charge in [0.2, 0.25) is 5.91 Å². The summed E-state index contributed by atoms with van der Waals surface area (Å²) < 4.78 is 17.8. The number of aromatic nitrogens is 2. The van der Waals surface area contributed by atoms with Crippen molar-refractivity contribution in [2.75, 3.05) is 26.7 Å². The molecular weight excluding hydrogens is 339 g/mol. The minimum Gasteiger partial charge on any atom is -0.468 e. The quantitative estimate of drug-likeness (QED) is 0.816. The molecule has 3 rings (SSSR count). The standard InChI is InChI=1S/C18H21FN4O3/c1-12-18(25)23(11-16(24)26-2)8-7-22(12)10-14-9-20-21-17(14)13-3-5-15(19)6-4-13/h3-6,9,12H,7-8,10-11H2,1-2H3,(H,20,21). The van der Waals surface area contributed by atoms with Gasteiger partial charge in [0.15, 0.2) is 0 Å². The molecule has 1 fully saturated rings. The first-order valence-corrected chi connectivity index (χ1v) is 8.37. The number of benzene rings is 1. The molecule has 1 aliphatic heterocycles. The highest BCUT2D eigenvalue weighted by molar-refractivity contribution is 5.86. The smallest absolute Gasteiger partial charge is 0.325 e. The highest BCUT2D eigenvalue weighted by Crippen LogP contribution is 2.24. The number of nitrogens with zero attached hydrogens (tertiary/aromatic N) is 3. The Bertz CT molecular complexity index is 790. The van der Waals surface area contributed by atoms with Crippen LogP contribution in [0.5, 0.6) is 0 Å². The molecule has 26 heavy (non-hydrogen) atoms. The molecule has 1 aliphatic rings. The lowest BCUT2D eigenvalue weighted by atomic mass is 10.1. The van der Waals surface area contributed by atoms with Crippen molar-refractivity contribution >= 4 is 11.9 Å². The second-order valence-electron chi connectivity index (χ2n) is 6.26. The Labute approximate surface area is 150 Å². The first kappa shape index (κ1) is 18.1. The predicted octanol–water partition coefficient (Wildman–Crippen LogP) is 1.42. The van der Waals surface area contributed by atoms with Crippen molar-refractivity contribution in [3.05, 3.63) is 41.8 Å². The van der Waals surface area contributed by atoms with E-state index < -0.39 is 5.97 Å². The zero-order chi connectivity index (χ0) is 18.7. The fourth-order valence-corrected chi connectivity index (χ4v) is 3.08. The summed E-state index contributed by atoms with van der Waals surface area (Å²) >= 11 is 0. The minimum atomic E-state index is -0.424. The number of hydrogen-bond donors (Lipinski definition) is 1. The molecule has 1 aromatic carbocycles. The number of rotatable bonds is 5. The van der Waals surface area contributed by atoms with E-state index in [1.807, 2.05) is 11.8 Å². The normalized spacial score (nSPS) is 18.2. The summed E-state index contributed by atoms with van der Waals surface area (Å²) in [5.74, 6) is -0.823. The van der Waals surface area contributed by atoms with E-state index in [1.54, 1.807) is 18.3 Å². The Morgan fingerprint density at radius 3 is 2.77 bits per heavy atom. The summed E-state index contributed by atoms with van der Waals surface area (Å²) in [5.41, 5.74) is 2.57. The maximum atomic E-state index is 13.1. The topological polar surface area (TPSA) is 78.5 Å². The van der Waals surface area contributed by atoms with Gasteiger partial charge in [-0.15, -0.1) is 0 Å². The Morgan fingerprint density at radius 1 is 1.35 bits per heavy atom. The van der Waals surface area contributed by atoms with Gasteiger partial charge in [-0.1, -0.05) is 0 Å². The van der Waals surface area contributed by atoms with Crippen LogP contribution in [-0.2, 0) is 20.9 Å². The monoisotopic (exact) mass is 360 g/mol. The summed E-state index contributed by atoms with van der Waals surface area (Å²) in [6.45, 7) is 3.42. The van der Waals surface area contributed by atoms with E-state index in [9.17, 15) is 14.0 Å². The van der Waals surface area contributed by atoms with Crippen molar-refractivity contribution in [3.8, 4) is 11.3 Å². The number of piperazine rings is 1. The molecule has 0 spiro atoms. The molecule has 138 valence electrons. The number of ether oxygens (including phenoxy) is 1. The van der Waals surface area contributed by atoms with Gasteiger partial charge >= 0.3 is 5.97 Å². The predicted molar refractivity (Wildman–Crippen MR) is 92.4 cm³/mol. The Morgan fingerprint density at radius 2 is 2.08 bits per heavy atom. The second kappa shape index (κ2) is 7.65. The first-order chi connectivity index (χ1) is 12.5. The van der Waals surface area contributed by atoms with Gasteiger partial charge in [0.1, 0.15) is 12.4 Å².